The van der Waals surface area contributed by atoms with Crippen LogP contribution in [0.3, 0.4) is 0 Å². The van der Waals surface area contributed by atoms with Crippen molar-refractivity contribution in [3.05, 3.63) is 66.0 Å². The van der Waals surface area contributed by atoms with E-state index in [0.29, 0.717) is 37.5 Å². The molecule has 0 aliphatic carbocycles. The third-order valence-electron chi connectivity index (χ3n) is 4.53. The lowest BCUT2D eigenvalue weighted by Crippen LogP contribution is -2.23. The summed E-state index contributed by atoms with van der Waals surface area (Å²) >= 11 is 13.2. The average molecular weight is 552 g/mol. The van der Waals surface area contributed by atoms with E-state index in [2.05, 4.69) is 42.9 Å². The minimum Gasteiger partial charge on any atom is -0.478 e. The Kier molecular flexibility index (Phi) is 7.35. The van der Waals surface area contributed by atoms with E-state index in [1.54, 1.807) is 24.4 Å². The smallest absolute Gasteiger partial charge is 0.282 e. The summed E-state index contributed by atoms with van der Waals surface area (Å²) in [5.74, 6) is 3.52. The first-order valence-corrected chi connectivity index (χ1v) is 11.1. The van der Waals surface area contributed by atoms with E-state index >= 15 is 0 Å². The average Bonchev–Trinajstić information content (AvgIpc) is 2.72. The molecule has 0 radical (unpaired) electrons. The molecule has 1 atom stereocenters. The largest absolute Gasteiger partial charge is 0.478 e. The molecule has 3 rings (SSSR count). The molecule has 3 aromatic rings. The molecule has 0 unspecified atom stereocenters. The van der Waals surface area contributed by atoms with Crippen molar-refractivity contribution in [1.82, 2.24) is 9.66 Å². The lowest BCUT2D eigenvalue weighted by Gasteiger charge is -2.14. The van der Waals surface area contributed by atoms with Gasteiger partial charge in [-0.05, 0) is 58.2 Å². The van der Waals surface area contributed by atoms with Crippen LogP contribution in [-0.2, 0) is 0 Å². The second kappa shape index (κ2) is 9.78. The number of fused-ring (bicyclic) bond motifs is 1. The van der Waals surface area contributed by atoms with Gasteiger partial charge in [0, 0.05) is 10.4 Å². The van der Waals surface area contributed by atoms with Gasteiger partial charge < -0.3 is 4.74 Å². The first kappa shape index (κ1) is 22.5. The zero-order valence-electron chi connectivity index (χ0n) is 16.3. The molecule has 0 bridgehead atoms. The number of rotatable bonds is 6. The van der Waals surface area contributed by atoms with Gasteiger partial charge in [0.15, 0.2) is 5.75 Å². The summed E-state index contributed by atoms with van der Waals surface area (Å²) in [4.78, 5) is 17.9. The molecule has 0 spiro atoms. The van der Waals surface area contributed by atoms with E-state index in [9.17, 15) is 4.79 Å². The van der Waals surface area contributed by atoms with Crippen LogP contribution in [-0.4, -0.2) is 22.5 Å². The fourth-order valence-electron chi connectivity index (χ4n) is 2.81. The van der Waals surface area contributed by atoms with Gasteiger partial charge in [-0.2, -0.15) is 9.78 Å². The van der Waals surface area contributed by atoms with Gasteiger partial charge in [0.1, 0.15) is 12.4 Å². The molecule has 0 saturated carbocycles. The fraction of sp³-hybridized carbons (Fsp3) is 0.227. The van der Waals surface area contributed by atoms with Crippen LogP contribution < -0.4 is 10.3 Å². The fourth-order valence-corrected chi connectivity index (χ4v) is 4.16. The van der Waals surface area contributed by atoms with Crippen molar-refractivity contribution in [1.29, 1.82) is 0 Å². The first-order valence-electron chi connectivity index (χ1n) is 9.17. The van der Waals surface area contributed by atoms with E-state index in [-0.39, 0.29) is 18.1 Å². The van der Waals surface area contributed by atoms with Crippen molar-refractivity contribution in [2.24, 2.45) is 5.10 Å². The monoisotopic (exact) mass is 549 g/mol. The van der Waals surface area contributed by atoms with Crippen LogP contribution in [0, 0.1) is 12.3 Å². The van der Waals surface area contributed by atoms with E-state index in [1.165, 1.54) is 4.68 Å². The molecule has 0 amide bonds. The third kappa shape index (κ3) is 4.77. The zero-order valence-corrected chi connectivity index (χ0v) is 20.3. The summed E-state index contributed by atoms with van der Waals surface area (Å²) in [7, 11) is 0. The maximum Gasteiger partial charge on any atom is 0.282 e. The molecular weight excluding hydrogens is 534 g/mol. The number of halogens is 3. The van der Waals surface area contributed by atoms with Gasteiger partial charge in [-0.15, -0.1) is 6.42 Å². The maximum atomic E-state index is 13.2. The SMILES string of the molecule is C#CCOc1c(Cl)cc(C=Nn2c([C@H](C)CC)nc3ccc(Br)cc3c2=O)cc1Br. The van der Waals surface area contributed by atoms with Crippen LogP contribution in [0.4, 0.5) is 0 Å². The number of nitrogens with zero attached hydrogens (tertiary/aromatic N) is 3. The predicted octanol–water partition coefficient (Wildman–Crippen LogP) is 5.98. The van der Waals surface area contributed by atoms with Crippen molar-refractivity contribution >= 4 is 60.6 Å². The summed E-state index contributed by atoms with van der Waals surface area (Å²) < 4.78 is 8.25. The van der Waals surface area contributed by atoms with Crippen LogP contribution in [0.2, 0.25) is 5.02 Å². The summed E-state index contributed by atoms with van der Waals surface area (Å²) in [6.07, 6.45) is 7.63. The molecule has 2 aromatic carbocycles. The van der Waals surface area contributed by atoms with Crippen molar-refractivity contribution < 1.29 is 4.74 Å². The third-order valence-corrected chi connectivity index (χ3v) is 5.89. The Hall–Kier alpha value is -2.14. The Bertz CT molecular complexity index is 1210. The standard InChI is InChI=1S/C22H18Br2ClN3O2/c1-4-8-30-20-17(24)9-14(10-18(20)25)12-26-28-21(13(3)5-2)27-19-7-6-15(23)11-16(19)22(28)29/h1,6-7,9-13H,5,8H2,2-3H3/t13-/m1/s1. The molecular formula is C22H18Br2ClN3O2. The van der Waals surface area contributed by atoms with Gasteiger partial charge in [0.2, 0.25) is 0 Å². The number of terminal acetylenes is 1. The van der Waals surface area contributed by atoms with Crippen LogP contribution in [0.5, 0.6) is 5.75 Å². The summed E-state index contributed by atoms with van der Waals surface area (Å²) in [5, 5.41) is 5.32. The van der Waals surface area contributed by atoms with Crippen molar-refractivity contribution in [2.75, 3.05) is 6.61 Å². The van der Waals surface area contributed by atoms with Gasteiger partial charge >= 0.3 is 0 Å². The van der Waals surface area contributed by atoms with Crippen LogP contribution >= 0.6 is 43.5 Å². The number of hydrogen-bond donors (Lipinski definition) is 0. The molecule has 5 nitrogen and oxygen atoms in total. The molecule has 1 aromatic heterocycles. The second-order valence-corrected chi connectivity index (χ2v) is 8.79. The van der Waals surface area contributed by atoms with Gasteiger partial charge in [-0.1, -0.05) is 47.3 Å². The van der Waals surface area contributed by atoms with Gasteiger partial charge in [-0.25, -0.2) is 4.98 Å². The van der Waals surface area contributed by atoms with E-state index in [4.69, 9.17) is 27.7 Å². The molecule has 30 heavy (non-hydrogen) atoms. The van der Waals surface area contributed by atoms with Gasteiger partial charge in [0.05, 0.1) is 26.6 Å². The highest BCUT2D eigenvalue weighted by atomic mass is 79.9. The topological polar surface area (TPSA) is 56.5 Å². The second-order valence-electron chi connectivity index (χ2n) is 6.61. The lowest BCUT2D eigenvalue weighted by molar-refractivity contribution is 0.368. The molecule has 0 saturated heterocycles. The van der Waals surface area contributed by atoms with Crippen LogP contribution in [0.15, 0.2) is 49.2 Å². The molecule has 0 aliphatic heterocycles. The Labute approximate surface area is 196 Å². The quantitative estimate of drug-likeness (QED) is 0.280. The summed E-state index contributed by atoms with van der Waals surface area (Å²) in [6.45, 7) is 4.17. The van der Waals surface area contributed by atoms with Crippen molar-refractivity contribution in [3.63, 3.8) is 0 Å². The molecule has 0 fully saturated rings. The number of hydrogen-bond acceptors (Lipinski definition) is 4. The Morgan fingerprint density at radius 1 is 1.37 bits per heavy atom. The molecule has 154 valence electrons. The molecule has 1 heterocycles. The minimum atomic E-state index is -0.230. The number of benzene rings is 2. The molecule has 8 heteroatoms. The van der Waals surface area contributed by atoms with Crippen LogP contribution in [0.25, 0.3) is 10.9 Å². The zero-order chi connectivity index (χ0) is 21.8. The summed E-state index contributed by atoms with van der Waals surface area (Å²) in [5.41, 5.74) is 1.11. The van der Waals surface area contributed by atoms with Crippen LogP contribution in [0.1, 0.15) is 37.6 Å². The highest BCUT2D eigenvalue weighted by Crippen LogP contribution is 2.34. The molecule has 0 N–H and O–H groups in total. The predicted molar refractivity (Wildman–Crippen MR) is 129 cm³/mol. The maximum absolute atomic E-state index is 13.2. The Balaban J connectivity index is 2.10. The highest BCUT2D eigenvalue weighted by Gasteiger charge is 2.16. The Morgan fingerprint density at radius 2 is 2.13 bits per heavy atom. The van der Waals surface area contributed by atoms with Gasteiger partial charge in [-0.3, -0.25) is 4.79 Å². The Morgan fingerprint density at radius 3 is 2.80 bits per heavy atom. The first-order chi connectivity index (χ1) is 14.3. The normalized spacial score (nSPS) is 12.3. The van der Waals surface area contributed by atoms with Crippen molar-refractivity contribution in [2.45, 2.75) is 26.2 Å². The minimum absolute atomic E-state index is 0.0535. The van der Waals surface area contributed by atoms with E-state index < -0.39 is 0 Å². The summed E-state index contributed by atoms with van der Waals surface area (Å²) in [6, 6.07) is 8.93. The number of aromatic nitrogens is 2. The van der Waals surface area contributed by atoms with Crippen molar-refractivity contribution in [3.8, 4) is 18.1 Å². The molecule has 0 aliphatic rings. The highest BCUT2D eigenvalue weighted by molar-refractivity contribution is 9.10. The van der Waals surface area contributed by atoms with E-state index in [1.807, 2.05) is 26.0 Å². The lowest BCUT2D eigenvalue weighted by atomic mass is 10.1. The van der Waals surface area contributed by atoms with E-state index in [0.717, 1.165) is 10.9 Å². The van der Waals surface area contributed by atoms with Gasteiger partial charge in [0.25, 0.3) is 5.56 Å². The number of ether oxygens (including phenoxy) is 1.